The molecule has 1 heterocycles. The summed E-state index contributed by atoms with van der Waals surface area (Å²) in [6.07, 6.45) is 0.608. The van der Waals surface area contributed by atoms with E-state index < -0.39 is 5.97 Å². The fraction of sp³-hybridized carbons (Fsp3) is 0.238. The van der Waals surface area contributed by atoms with Crippen molar-refractivity contribution in [1.82, 2.24) is 0 Å². The van der Waals surface area contributed by atoms with E-state index in [1.807, 2.05) is 18.7 Å². The van der Waals surface area contributed by atoms with E-state index >= 15 is 0 Å². The molecule has 4 nitrogen and oxygen atoms in total. The van der Waals surface area contributed by atoms with Crippen LogP contribution in [0.2, 0.25) is 0 Å². The first-order valence-corrected chi connectivity index (χ1v) is 8.46. The average Bonchev–Trinajstić information content (AvgIpc) is 2.64. The van der Waals surface area contributed by atoms with Crippen molar-refractivity contribution in [1.29, 1.82) is 5.26 Å². The van der Waals surface area contributed by atoms with Gasteiger partial charge in [0.2, 0.25) is 0 Å². The summed E-state index contributed by atoms with van der Waals surface area (Å²) in [6.45, 7) is 4.19. The maximum Gasteiger partial charge on any atom is 0.333 e. The third-order valence-electron chi connectivity index (χ3n) is 4.84. The zero-order valence-electron chi connectivity index (χ0n) is 14.7. The number of halogens is 1. The number of aliphatic carboxylic acids is 1. The minimum atomic E-state index is -0.937. The highest BCUT2D eigenvalue weighted by Crippen LogP contribution is 2.40. The Hall–Kier alpha value is -3.13. The molecular formula is C21H19FN2O2. The van der Waals surface area contributed by atoms with E-state index in [-0.39, 0.29) is 11.9 Å². The molecule has 132 valence electrons. The molecule has 0 radical (unpaired) electrons. The number of hydrogen-bond acceptors (Lipinski definition) is 3. The number of hydrogen-bond donors (Lipinski definition) is 1. The van der Waals surface area contributed by atoms with E-state index in [1.54, 1.807) is 30.3 Å². The molecule has 2 aromatic carbocycles. The first-order chi connectivity index (χ1) is 12.5. The van der Waals surface area contributed by atoms with E-state index in [9.17, 15) is 19.6 Å². The van der Waals surface area contributed by atoms with Crippen molar-refractivity contribution in [3.63, 3.8) is 0 Å². The molecule has 26 heavy (non-hydrogen) atoms. The number of fused-ring (bicyclic) bond motifs is 1. The number of nitrogens with zero attached hydrogens (tertiary/aromatic N) is 2. The second-order valence-electron chi connectivity index (χ2n) is 6.37. The summed E-state index contributed by atoms with van der Waals surface area (Å²) in [5.41, 5.74) is 4.14. The van der Waals surface area contributed by atoms with Crippen LogP contribution in [0.25, 0.3) is 5.57 Å². The van der Waals surface area contributed by atoms with Crippen LogP contribution in [-0.2, 0) is 11.3 Å². The van der Waals surface area contributed by atoms with Gasteiger partial charge in [0.25, 0.3) is 0 Å². The van der Waals surface area contributed by atoms with Gasteiger partial charge in [0, 0.05) is 17.8 Å². The number of carboxylic acid groups (broad SMARTS) is 1. The SMILES string of the molecule is CCC1C(C(=O)O)=C(C)c2ccc(C#N)cc2N1Cc1ccc(F)cc1. The number of allylic oxidation sites excluding steroid dienone is 1. The van der Waals surface area contributed by atoms with Crippen molar-refractivity contribution < 1.29 is 14.3 Å². The van der Waals surface area contributed by atoms with Crippen LogP contribution in [0, 0.1) is 17.1 Å². The minimum Gasteiger partial charge on any atom is -0.478 e. The van der Waals surface area contributed by atoms with E-state index in [4.69, 9.17) is 0 Å². The summed E-state index contributed by atoms with van der Waals surface area (Å²) in [7, 11) is 0. The Bertz CT molecular complexity index is 926. The lowest BCUT2D eigenvalue weighted by Gasteiger charge is -2.39. The van der Waals surface area contributed by atoms with Gasteiger partial charge in [0.1, 0.15) is 5.82 Å². The van der Waals surface area contributed by atoms with E-state index in [0.717, 1.165) is 22.4 Å². The average molecular weight is 350 g/mol. The number of benzene rings is 2. The smallest absolute Gasteiger partial charge is 0.333 e. The van der Waals surface area contributed by atoms with Gasteiger partial charge in [-0.15, -0.1) is 0 Å². The first-order valence-electron chi connectivity index (χ1n) is 8.46. The van der Waals surface area contributed by atoms with Gasteiger partial charge >= 0.3 is 5.97 Å². The molecular weight excluding hydrogens is 331 g/mol. The predicted octanol–water partition coefficient (Wildman–Crippen LogP) is 4.35. The normalized spacial score (nSPS) is 16.2. The predicted molar refractivity (Wildman–Crippen MR) is 98.0 cm³/mol. The zero-order chi connectivity index (χ0) is 18.8. The molecule has 1 N–H and O–H groups in total. The highest BCUT2D eigenvalue weighted by atomic mass is 19.1. The molecule has 0 saturated carbocycles. The minimum absolute atomic E-state index is 0.312. The second kappa shape index (κ2) is 7.01. The lowest BCUT2D eigenvalue weighted by molar-refractivity contribution is -0.132. The summed E-state index contributed by atoms with van der Waals surface area (Å²) in [5, 5.41) is 19.0. The zero-order valence-corrected chi connectivity index (χ0v) is 14.7. The Balaban J connectivity index is 2.16. The number of rotatable bonds is 4. The maximum absolute atomic E-state index is 13.2. The summed E-state index contributed by atoms with van der Waals surface area (Å²) >= 11 is 0. The number of carboxylic acids is 1. The van der Waals surface area contributed by atoms with E-state index in [2.05, 4.69) is 6.07 Å². The third-order valence-corrected chi connectivity index (χ3v) is 4.84. The molecule has 3 rings (SSSR count). The number of carbonyl (C=O) groups is 1. The van der Waals surface area contributed by atoms with Crippen molar-refractivity contribution in [2.24, 2.45) is 0 Å². The molecule has 0 amide bonds. The molecule has 0 aliphatic carbocycles. The Morgan fingerprint density at radius 1 is 1.27 bits per heavy atom. The fourth-order valence-electron chi connectivity index (χ4n) is 3.58. The molecule has 1 atom stereocenters. The van der Waals surface area contributed by atoms with Crippen LogP contribution in [0.5, 0.6) is 0 Å². The molecule has 0 saturated heterocycles. The molecule has 0 fully saturated rings. The first kappa shape index (κ1) is 17.7. The van der Waals surface area contributed by atoms with Gasteiger partial charge < -0.3 is 10.0 Å². The Labute approximate surface area is 151 Å². The van der Waals surface area contributed by atoms with Gasteiger partial charge in [0.05, 0.1) is 23.2 Å². The van der Waals surface area contributed by atoms with Crippen LogP contribution >= 0.6 is 0 Å². The van der Waals surface area contributed by atoms with Crippen molar-refractivity contribution in [3.05, 3.63) is 70.5 Å². The largest absolute Gasteiger partial charge is 0.478 e. The third kappa shape index (κ3) is 3.06. The van der Waals surface area contributed by atoms with E-state index in [0.29, 0.717) is 24.1 Å². The summed E-state index contributed by atoms with van der Waals surface area (Å²) in [5.74, 6) is -1.25. The van der Waals surface area contributed by atoms with E-state index in [1.165, 1.54) is 12.1 Å². The Morgan fingerprint density at radius 2 is 1.96 bits per heavy atom. The second-order valence-corrected chi connectivity index (χ2v) is 6.37. The fourth-order valence-corrected chi connectivity index (χ4v) is 3.58. The summed E-state index contributed by atoms with van der Waals surface area (Å²) in [4.78, 5) is 13.9. The van der Waals surface area contributed by atoms with Crippen molar-refractivity contribution in [3.8, 4) is 6.07 Å². The van der Waals surface area contributed by atoms with Gasteiger partial charge in [-0.05, 0) is 48.7 Å². The molecule has 0 spiro atoms. The quantitative estimate of drug-likeness (QED) is 0.890. The van der Waals surface area contributed by atoms with Crippen LogP contribution in [0.4, 0.5) is 10.1 Å². The molecule has 5 heteroatoms. The van der Waals surface area contributed by atoms with Crippen LogP contribution in [0.1, 0.15) is 37.0 Å². The molecule has 1 unspecified atom stereocenters. The molecule has 0 bridgehead atoms. The van der Waals surface area contributed by atoms with Crippen LogP contribution < -0.4 is 4.90 Å². The van der Waals surface area contributed by atoms with Gasteiger partial charge in [-0.3, -0.25) is 0 Å². The monoisotopic (exact) mass is 350 g/mol. The molecule has 1 aliphatic heterocycles. The van der Waals surface area contributed by atoms with Crippen LogP contribution in [-0.4, -0.2) is 17.1 Å². The van der Waals surface area contributed by atoms with Crippen LogP contribution in [0.3, 0.4) is 0 Å². The molecule has 1 aliphatic rings. The highest BCUT2D eigenvalue weighted by molar-refractivity contribution is 6.01. The maximum atomic E-state index is 13.2. The van der Waals surface area contributed by atoms with Crippen molar-refractivity contribution >= 4 is 17.2 Å². The van der Waals surface area contributed by atoms with Crippen LogP contribution in [0.15, 0.2) is 48.0 Å². The topological polar surface area (TPSA) is 64.3 Å². The lowest BCUT2D eigenvalue weighted by atomic mass is 9.86. The standard InChI is InChI=1S/C21H19FN2O2/c1-3-18-20(21(25)26)13(2)17-9-6-15(11-23)10-19(17)24(18)12-14-4-7-16(22)8-5-14/h4-10,18H,3,12H2,1-2H3,(H,25,26). The Kier molecular flexibility index (Phi) is 4.77. The molecule has 0 aromatic heterocycles. The van der Waals surface area contributed by atoms with Gasteiger partial charge in [0.15, 0.2) is 0 Å². The summed E-state index contributed by atoms with van der Waals surface area (Å²) < 4.78 is 13.2. The Morgan fingerprint density at radius 3 is 2.54 bits per heavy atom. The molecule has 2 aromatic rings. The van der Waals surface area contributed by atoms with Crippen molar-refractivity contribution in [2.45, 2.75) is 32.9 Å². The lowest BCUT2D eigenvalue weighted by Crippen LogP contribution is -2.41. The number of anilines is 1. The van der Waals surface area contributed by atoms with Crippen molar-refractivity contribution in [2.75, 3.05) is 4.90 Å². The highest BCUT2D eigenvalue weighted by Gasteiger charge is 2.34. The van der Waals surface area contributed by atoms with Gasteiger partial charge in [-0.2, -0.15) is 5.26 Å². The van der Waals surface area contributed by atoms with Gasteiger partial charge in [-0.25, -0.2) is 9.18 Å². The summed E-state index contributed by atoms with van der Waals surface area (Å²) in [6, 6.07) is 13.3. The van der Waals surface area contributed by atoms with Gasteiger partial charge in [-0.1, -0.05) is 25.1 Å². The number of nitriles is 1.